The quantitative estimate of drug-likeness (QED) is 0.391. The van der Waals surface area contributed by atoms with E-state index in [0.29, 0.717) is 0 Å². The summed E-state index contributed by atoms with van der Waals surface area (Å²) in [7, 11) is 0. The molecule has 1 rings (SSSR count). The Labute approximate surface area is 96.6 Å². The monoisotopic (exact) mass is 310 g/mol. The van der Waals surface area contributed by atoms with Gasteiger partial charge in [0, 0.05) is 0 Å². The smallest absolute Gasteiger partial charge is 0.424 e. The Morgan fingerprint density at radius 2 is 1.33 bits per heavy atom. The van der Waals surface area contributed by atoms with Crippen LogP contribution in [0, 0.1) is 0 Å². The van der Waals surface area contributed by atoms with Gasteiger partial charge in [-0.25, -0.2) is 9.18 Å². The lowest BCUT2D eigenvalue weighted by molar-refractivity contribution is -0.320. The van der Waals surface area contributed by atoms with Crippen molar-refractivity contribution < 1.29 is 49.0 Å². The third kappa shape index (κ3) is 1.42. The summed E-state index contributed by atoms with van der Waals surface area (Å²) in [4.78, 5) is 10.4. The summed E-state index contributed by atoms with van der Waals surface area (Å²) in [5.41, 5.74) is -6.17. The minimum Gasteiger partial charge on any atom is -0.424 e. The predicted octanol–water partition coefficient (Wildman–Crippen LogP) is 2.95. The lowest BCUT2D eigenvalue weighted by Crippen LogP contribution is -2.64. The molecule has 0 aromatic rings. The van der Waals surface area contributed by atoms with Crippen molar-refractivity contribution in [1.29, 1.82) is 0 Å². The number of esters is 1. The molecule has 0 saturated carbocycles. The first-order valence-electron chi connectivity index (χ1n) is 3.75. The van der Waals surface area contributed by atoms with Crippen LogP contribution in [0.1, 0.15) is 0 Å². The Balaban J connectivity index is 3.52. The molecular weight excluding hydrogens is 310 g/mol. The van der Waals surface area contributed by atoms with E-state index in [9.17, 15) is 44.3 Å². The SMILES string of the molecule is O=C1O[C@](Cl)(C(F)(F)F)C(F)(F)[C@@]1(F)C(F)(F)F. The van der Waals surface area contributed by atoms with Gasteiger partial charge in [-0.15, -0.1) is 0 Å². The summed E-state index contributed by atoms with van der Waals surface area (Å²) < 4.78 is 114. The number of hydrogen-bond acceptors (Lipinski definition) is 2. The minimum atomic E-state index is -6.63. The molecule has 0 N–H and O–H groups in total. The normalized spacial score (nSPS) is 36.7. The lowest BCUT2D eigenvalue weighted by Gasteiger charge is -2.31. The molecule has 0 radical (unpaired) electrons. The van der Waals surface area contributed by atoms with Gasteiger partial charge >= 0.3 is 35.0 Å². The topological polar surface area (TPSA) is 26.3 Å². The van der Waals surface area contributed by atoms with Gasteiger partial charge in [0.05, 0.1) is 0 Å². The second kappa shape index (κ2) is 3.36. The number of ether oxygens (including phenoxy) is 1. The van der Waals surface area contributed by atoms with E-state index in [0.717, 1.165) is 0 Å². The van der Waals surface area contributed by atoms with E-state index in [1.807, 2.05) is 0 Å². The standard InChI is InChI=1S/C6ClF9O2/c7-3(6(14,15)16)4(9,10)2(8,1(17)18-3)5(11,12)13/t2-,3+/m1/s1. The molecule has 0 aromatic carbocycles. The Bertz CT molecular complexity index is 387. The Hall–Kier alpha value is -0.870. The van der Waals surface area contributed by atoms with Crippen molar-refractivity contribution in [3.05, 3.63) is 0 Å². The first-order valence-corrected chi connectivity index (χ1v) is 4.13. The van der Waals surface area contributed by atoms with Gasteiger partial charge in [0.15, 0.2) is 0 Å². The maximum atomic E-state index is 13.1. The molecular formula is C6ClF9O2. The Morgan fingerprint density at radius 1 is 0.944 bits per heavy atom. The van der Waals surface area contributed by atoms with Crippen molar-refractivity contribution in [3.8, 4) is 0 Å². The molecule has 2 nitrogen and oxygen atoms in total. The highest BCUT2D eigenvalue weighted by molar-refractivity contribution is 6.26. The fraction of sp³-hybridized carbons (Fsp3) is 0.833. The van der Waals surface area contributed by atoms with Crippen LogP contribution in [-0.2, 0) is 9.53 Å². The van der Waals surface area contributed by atoms with Crippen LogP contribution in [0.5, 0.6) is 0 Å². The van der Waals surface area contributed by atoms with Gasteiger partial charge in [-0.1, -0.05) is 11.6 Å². The van der Waals surface area contributed by atoms with Crippen LogP contribution in [0.4, 0.5) is 39.5 Å². The van der Waals surface area contributed by atoms with Crippen molar-refractivity contribution in [2.45, 2.75) is 29.0 Å². The zero-order chi connectivity index (χ0) is 14.8. The molecule has 1 aliphatic heterocycles. The number of rotatable bonds is 0. The minimum absolute atomic E-state index is 2.73. The lowest BCUT2D eigenvalue weighted by atomic mass is 9.95. The number of carbonyl (C=O) groups is 1. The molecule has 0 unspecified atom stereocenters. The van der Waals surface area contributed by atoms with Crippen LogP contribution < -0.4 is 0 Å². The summed E-state index contributed by atoms with van der Waals surface area (Å²) in [5.74, 6) is -9.83. The van der Waals surface area contributed by atoms with E-state index in [2.05, 4.69) is 16.3 Å². The molecule has 0 aromatic heterocycles. The highest BCUT2D eigenvalue weighted by Crippen LogP contribution is 2.62. The third-order valence-electron chi connectivity index (χ3n) is 2.11. The van der Waals surface area contributed by atoms with E-state index in [4.69, 9.17) is 0 Å². The maximum absolute atomic E-state index is 13.1. The van der Waals surface area contributed by atoms with Crippen LogP contribution in [-0.4, -0.2) is 35.0 Å². The van der Waals surface area contributed by atoms with Crippen LogP contribution in [0.15, 0.2) is 0 Å². The molecule has 1 heterocycles. The first kappa shape index (κ1) is 15.2. The number of hydrogen-bond donors (Lipinski definition) is 0. The molecule has 1 aliphatic rings. The van der Waals surface area contributed by atoms with Crippen LogP contribution in [0.3, 0.4) is 0 Å². The van der Waals surface area contributed by atoms with E-state index < -0.39 is 35.0 Å². The summed E-state index contributed by atoms with van der Waals surface area (Å²) >= 11 is 4.17. The maximum Gasteiger partial charge on any atom is 0.450 e. The van der Waals surface area contributed by atoms with Crippen molar-refractivity contribution in [2.75, 3.05) is 0 Å². The Morgan fingerprint density at radius 3 is 1.50 bits per heavy atom. The van der Waals surface area contributed by atoms with Crippen molar-refractivity contribution in [3.63, 3.8) is 0 Å². The average Bonchev–Trinajstić information content (AvgIpc) is 2.24. The van der Waals surface area contributed by atoms with Crippen molar-refractivity contribution >= 4 is 17.6 Å². The second-order valence-corrected chi connectivity index (χ2v) is 3.75. The zero-order valence-electron chi connectivity index (χ0n) is 7.60. The van der Waals surface area contributed by atoms with E-state index >= 15 is 0 Å². The summed E-state index contributed by atoms with van der Waals surface area (Å²) in [6.07, 6.45) is -12.9. The summed E-state index contributed by atoms with van der Waals surface area (Å²) in [6, 6.07) is 0. The van der Waals surface area contributed by atoms with Gasteiger partial charge in [-0.05, 0) is 0 Å². The molecule has 1 fully saturated rings. The molecule has 0 amide bonds. The zero-order valence-corrected chi connectivity index (χ0v) is 8.35. The molecule has 18 heavy (non-hydrogen) atoms. The largest absolute Gasteiger partial charge is 0.450 e. The van der Waals surface area contributed by atoms with Crippen molar-refractivity contribution in [1.82, 2.24) is 0 Å². The van der Waals surface area contributed by atoms with Gasteiger partial charge in [0.1, 0.15) is 0 Å². The van der Waals surface area contributed by atoms with Crippen LogP contribution in [0.2, 0.25) is 0 Å². The first-order chi connectivity index (χ1) is 7.63. The van der Waals surface area contributed by atoms with E-state index in [1.165, 1.54) is 0 Å². The molecule has 1 saturated heterocycles. The van der Waals surface area contributed by atoms with Gasteiger partial charge in [0.25, 0.3) is 0 Å². The molecule has 12 heteroatoms. The third-order valence-corrected chi connectivity index (χ3v) is 2.64. The number of halogens is 10. The average molecular weight is 310 g/mol. The molecule has 106 valence electrons. The van der Waals surface area contributed by atoms with E-state index in [-0.39, 0.29) is 0 Å². The highest BCUT2D eigenvalue weighted by Gasteiger charge is 2.94. The molecule has 0 aliphatic carbocycles. The van der Waals surface area contributed by atoms with Crippen LogP contribution in [0.25, 0.3) is 0 Å². The summed E-state index contributed by atoms with van der Waals surface area (Å²) in [5, 5.41) is -5.42. The van der Waals surface area contributed by atoms with Gasteiger partial charge < -0.3 is 4.74 Å². The predicted molar refractivity (Wildman–Crippen MR) is 35.6 cm³/mol. The van der Waals surface area contributed by atoms with Gasteiger partial charge in [-0.3, -0.25) is 0 Å². The second-order valence-electron chi connectivity index (χ2n) is 3.21. The fourth-order valence-electron chi connectivity index (χ4n) is 1.14. The number of carbonyl (C=O) groups excluding carboxylic acids is 1. The van der Waals surface area contributed by atoms with Gasteiger partial charge in [0.2, 0.25) is 0 Å². The molecule has 2 atom stereocenters. The Kier molecular flexibility index (Phi) is 2.84. The molecule has 0 spiro atoms. The number of cyclic esters (lactones) is 1. The fourth-order valence-corrected chi connectivity index (χ4v) is 1.34. The van der Waals surface area contributed by atoms with Gasteiger partial charge in [-0.2, -0.15) is 35.1 Å². The number of alkyl halides is 10. The van der Waals surface area contributed by atoms with E-state index in [1.54, 1.807) is 0 Å². The summed E-state index contributed by atoms with van der Waals surface area (Å²) in [6.45, 7) is 0. The molecule has 0 bridgehead atoms. The van der Waals surface area contributed by atoms with Crippen molar-refractivity contribution in [2.24, 2.45) is 0 Å². The highest BCUT2D eigenvalue weighted by atomic mass is 35.5. The van der Waals surface area contributed by atoms with Crippen LogP contribution >= 0.6 is 11.6 Å².